The first-order chi connectivity index (χ1) is 41.4. The molecule has 2 heterocycles. The topological polar surface area (TPSA) is 350 Å². The molecule has 2 aromatic rings. The summed E-state index contributed by atoms with van der Waals surface area (Å²) >= 11 is 6.36. The molecule has 4 rings (SSSR count). The van der Waals surface area contributed by atoms with Gasteiger partial charge in [-0.2, -0.15) is 8.42 Å². The second kappa shape index (κ2) is 34.9. The highest BCUT2D eigenvalue weighted by Gasteiger charge is 2.48. The lowest BCUT2D eigenvalue weighted by Gasteiger charge is -2.29. The van der Waals surface area contributed by atoms with Crippen LogP contribution in [0.4, 0.5) is 0 Å². The van der Waals surface area contributed by atoms with Crippen LogP contribution >= 0.6 is 11.6 Å². The third-order valence-electron chi connectivity index (χ3n) is 14.5. The molecule has 25 nitrogen and oxygen atoms in total. The molecule has 1 saturated heterocycles. The predicted octanol–water partition coefficient (Wildman–Crippen LogP) is 3.90. The van der Waals surface area contributed by atoms with Gasteiger partial charge in [0.25, 0.3) is 10.1 Å². The van der Waals surface area contributed by atoms with Crippen LogP contribution in [0.25, 0.3) is 0 Å². The van der Waals surface area contributed by atoms with Gasteiger partial charge in [-0.3, -0.25) is 47.7 Å². The first-order valence-corrected chi connectivity index (χ1v) is 31.3. The molecule has 7 amide bonds. The van der Waals surface area contributed by atoms with Crippen LogP contribution in [0.1, 0.15) is 123 Å². The number of nitrogens with one attached hydrogen (secondary N) is 6. The second-order valence-corrected chi connectivity index (χ2v) is 25.1. The van der Waals surface area contributed by atoms with E-state index in [4.69, 9.17) is 39.8 Å². The van der Waals surface area contributed by atoms with E-state index in [9.17, 15) is 56.4 Å². The van der Waals surface area contributed by atoms with Gasteiger partial charge in [0.05, 0.1) is 35.8 Å². The Labute approximate surface area is 519 Å². The first kappa shape index (κ1) is 73.1. The fourth-order valence-corrected chi connectivity index (χ4v) is 9.78. The molecule has 1 unspecified atom stereocenters. The highest BCUT2D eigenvalue weighted by atomic mass is 35.5. The van der Waals surface area contributed by atoms with E-state index >= 15 is 0 Å². The Balaban J connectivity index is 1.36. The summed E-state index contributed by atoms with van der Waals surface area (Å²) in [5, 5.41) is 16.3. The van der Waals surface area contributed by atoms with E-state index in [1.807, 2.05) is 39.0 Å². The molecule has 0 radical (unpaired) electrons. The van der Waals surface area contributed by atoms with Crippen LogP contribution in [-0.2, 0) is 90.0 Å². The van der Waals surface area contributed by atoms with Crippen LogP contribution < -0.4 is 36.6 Å². The monoisotopic (exact) mass is 1270 g/mol. The van der Waals surface area contributed by atoms with Crippen molar-refractivity contribution in [2.24, 2.45) is 23.2 Å². The zero-order chi connectivity index (χ0) is 65.5. The summed E-state index contributed by atoms with van der Waals surface area (Å²) in [7, 11) is -2.82. The number of hydrogen-bond donors (Lipinski definition) is 7. The third-order valence-corrected chi connectivity index (χ3v) is 15.5. The molecule has 0 aliphatic carbocycles. The van der Waals surface area contributed by atoms with Crippen LogP contribution in [0, 0.1) is 23.2 Å². The molecule has 0 bridgehead atoms. The number of amides is 7. The Morgan fingerprint density at radius 3 is 2.20 bits per heavy atom. The first-order valence-electron chi connectivity index (χ1n) is 29.3. The number of carbonyl (C=O) groups excluding carboxylic acids is 10. The molecule has 7 N–H and O–H groups in total. The molecule has 8 atom stereocenters. The van der Waals surface area contributed by atoms with E-state index in [1.165, 1.54) is 31.1 Å². The molecule has 1 fully saturated rings. The molecular formula is C61H86ClN7O18S. The molecule has 2 aromatic carbocycles. The average molecular weight is 1270 g/mol. The largest absolute Gasteiger partial charge is 0.495 e. The van der Waals surface area contributed by atoms with Crippen LogP contribution in [0.15, 0.2) is 67.3 Å². The molecule has 27 heteroatoms. The summed E-state index contributed by atoms with van der Waals surface area (Å²) in [5.41, 5.74) is 1.02. The van der Waals surface area contributed by atoms with Crippen molar-refractivity contribution in [3.05, 3.63) is 89.0 Å². The summed E-state index contributed by atoms with van der Waals surface area (Å²) in [6.07, 6.45) is 0.723. The maximum Gasteiger partial charge on any atom is 0.347 e. The van der Waals surface area contributed by atoms with Crippen molar-refractivity contribution in [2.75, 3.05) is 45.6 Å². The molecule has 0 spiro atoms. The highest BCUT2D eigenvalue weighted by molar-refractivity contribution is 7.85. The Morgan fingerprint density at radius 2 is 1.57 bits per heavy atom. The van der Waals surface area contributed by atoms with Gasteiger partial charge in [0.2, 0.25) is 41.4 Å². The van der Waals surface area contributed by atoms with Crippen molar-refractivity contribution in [3.63, 3.8) is 0 Å². The number of hydrogen-bond acceptors (Lipinski definition) is 17. The van der Waals surface area contributed by atoms with Gasteiger partial charge in [0, 0.05) is 64.3 Å². The van der Waals surface area contributed by atoms with E-state index in [0.717, 1.165) is 11.1 Å². The van der Waals surface area contributed by atoms with Crippen molar-refractivity contribution in [3.8, 4) is 5.75 Å². The lowest BCUT2D eigenvalue weighted by molar-refractivity contribution is -0.179. The summed E-state index contributed by atoms with van der Waals surface area (Å²) in [4.78, 5) is 134. The van der Waals surface area contributed by atoms with E-state index in [1.54, 1.807) is 58.0 Å². The summed E-state index contributed by atoms with van der Waals surface area (Å²) < 4.78 is 59.3. The van der Waals surface area contributed by atoms with Gasteiger partial charge >= 0.3 is 17.9 Å². The number of epoxide rings is 1. The summed E-state index contributed by atoms with van der Waals surface area (Å²) in [6, 6.07) is 9.34. The molecule has 0 saturated carbocycles. The maximum atomic E-state index is 14.0. The number of cyclic esters (lactones) is 2. The Morgan fingerprint density at radius 1 is 0.886 bits per heavy atom. The number of methoxy groups -OCH3 is 1. The quantitative estimate of drug-likeness (QED) is 0.0192. The van der Waals surface area contributed by atoms with E-state index in [2.05, 4.69) is 38.5 Å². The number of carbonyl (C=O) groups is 10. The van der Waals surface area contributed by atoms with Gasteiger partial charge in [-0.05, 0) is 86.8 Å². The van der Waals surface area contributed by atoms with E-state index < -0.39 is 135 Å². The Bertz CT molecular complexity index is 2940. The number of halogens is 1. The smallest absolute Gasteiger partial charge is 0.347 e. The lowest BCUT2D eigenvalue weighted by Crippen LogP contribution is -2.54. The number of rotatable bonds is 30. The van der Waals surface area contributed by atoms with Gasteiger partial charge in [-0.25, -0.2) is 4.79 Å². The number of aryl methyl sites for hydroxylation is 1. The average Bonchev–Trinajstić information content (AvgIpc) is 1.93. The van der Waals surface area contributed by atoms with E-state index in [-0.39, 0.29) is 90.2 Å². The van der Waals surface area contributed by atoms with Crippen molar-refractivity contribution in [1.29, 1.82) is 0 Å². The maximum absolute atomic E-state index is 14.0. The molecule has 0 aromatic heterocycles. The standard InChI is InChI=1S/C61H86ClN7O18S/c1-11-30-84-52(74)26-29-69(51(73)24-23-48(70)63-27-31-88(80,81)82)28-25-50(72)68-53(37(4)5)58(77)66-39(7)56(75)64-34-41-15-19-42(20-16-41)55-54(87-55)38(6)45-13-12-14-49(71)67-44(21-17-40-18-22-46(83-10)43(62)33-40)57(76)65-35-61(8,9)60(79)86-47(32-36(2)3)59(78)85-45/h11-12,14-16,18-20,22,33,36-39,44-45,47,53-55H,1,13,17,21,23-32,34-35H2,2-10H3,(H,63,70)(H,64,75)(H,65,76)(H,66,77)(H,67,71)(H,68,72)(H,80,81,82)/b14-12+/t38-,39-,44?,45-,47-,53-,54+,55+/m0/s1. The van der Waals surface area contributed by atoms with Crippen molar-refractivity contribution in [1.82, 2.24) is 36.8 Å². The minimum Gasteiger partial charge on any atom is -0.495 e. The van der Waals surface area contributed by atoms with Gasteiger partial charge in [0.15, 0.2) is 6.10 Å². The fraction of sp³-hybridized carbons (Fsp3) is 0.574. The third kappa shape index (κ3) is 25.0. The summed E-state index contributed by atoms with van der Waals surface area (Å²) in [6.45, 7) is 16.2. The second-order valence-electron chi connectivity index (χ2n) is 23.2. The number of nitrogens with zero attached hydrogens (tertiary/aromatic N) is 1. The molecule has 88 heavy (non-hydrogen) atoms. The van der Waals surface area contributed by atoms with E-state index in [0.29, 0.717) is 22.8 Å². The zero-order valence-corrected chi connectivity index (χ0v) is 53.1. The zero-order valence-electron chi connectivity index (χ0n) is 51.5. The molecular weight excluding hydrogens is 1190 g/mol. The molecule has 486 valence electrons. The van der Waals surface area contributed by atoms with Gasteiger partial charge < -0.3 is 60.5 Å². The van der Waals surface area contributed by atoms with Crippen LogP contribution in [0.5, 0.6) is 5.75 Å². The van der Waals surface area contributed by atoms with Crippen LogP contribution in [0.3, 0.4) is 0 Å². The predicted molar refractivity (Wildman–Crippen MR) is 323 cm³/mol. The number of esters is 3. The van der Waals surface area contributed by atoms with Crippen molar-refractivity contribution in [2.45, 2.75) is 156 Å². The molecule has 2 aliphatic heterocycles. The van der Waals surface area contributed by atoms with Gasteiger partial charge in [0.1, 0.15) is 42.7 Å². The van der Waals surface area contributed by atoms with Crippen LogP contribution in [0.2, 0.25) is 5.02 Å². The number of ether oxygens (including phenoxy) is 5. The normalized spacial score (nSPS) is 20.3. The SMILES string of the molecule is C=CCOC(=O)CCN(CCC(=O)N[C@H](C(=O)N[C@@H](C)C(=O)NCc1ccc([C@H]2O[C@@H]2[C@@H](C)[C@@H]2C/C=C/C(=O)NC(CCc3ccc(OC)c(Cl)c3)C(=O)NCC(C)(C)C(=O)O[C@@H](CC(C)C)C(=O)O2)cc1)C(C)C)C(=O)CCC(=O)NCCS(=O)(=O)O. The fourth-order valence-electron chi connectivity index (χ4n) is 9.14. The minimum absolute atomic E-state index is 0.0641. The van der Waals surface area contributed by atoms with Crippen LogP contribution in [-0.4, -0.2) is 159 Å². The van der Waals surface area contributed by atoms with Crippen molar-refractivity contribution >= 4 is 81.0 Å². The number of benzene rings is 2. The van der Waals surface area contributed by atoms with Gasteiger partial charge in [-0.1, -0.05) is 95.3 Å². The molecule has 2 aliphatic rings. The summed E-state index contributed by atoms with van der Waals surface area (Å²) in [5.74, 6) is -7.52. The van der Waals surface area contributed by atoms with Gasteiger partial charge in [-0.15, -0.1) is 0 Å². The lowest BCUT2D eigenvalue weighted by atomic mass is 9.92. The Kier molecular flexibility index (Phi) is 29.0. The minimum atomic E-state index is -4.32. The van der Waals surface area contributed by atoms with Crippen molar-refractivity contribution < 1.29 is 84.6 Å². The highest BCUT2D eigenvalue weighted by Crippen LogP contribution is 2.45. The Hall–Kier alpha value is -7.42.